The van der Waals surface area contributed by atoms with Crippen LogP contribution in [0.4, 0.5) is 0 Å². The molecule has 1 aromatic carbocycles. The van der Waals surface area contributed by atoms with E-state index in [1.54, 1.807) is 6.26 Å². The first-order valence-electron chi connectivity index (χ1n) is 6.21. The second kappa shape index (κ2) is 6.26. The van der Waals surface area contributed by atoms with E-state index in [4.69, 9.17) is 4.42 Å². The predicted octanol–water partition coefficient (Wildman–Crippen LogP) is 3.56. The fourth-order valence-electron chi connectivity index (χ4n) is 2.06. The smallest absolute Gasteiger partial charge is 0.103 e. The Hall–Kier alpha value is -1.54. The summed E-state index contributed by atoms with van der Waals surface area (Å²) in [5.74, 6) is 1.06. The molecule has 2 heteroatoms. The lowest BCUT2D eigenvalue weighted by Crippen LogP contribution is -2.21. The van der Waals surface area contributed by atoms with Gasteiger partial charge in [-0.1, -0.05) is 37.3 Å². The summed E-state index contributed by atoms with van der Waals surface area (Å²) >= 11 is 0. The van der Waals surface area contributed by atoms with E-state index in [0.29, 0.717) is 6.04 Å². The lowest BCUT2D eigenvalue weighted by molar-refractivity contribution is 0.458. The van der Waals surface area contributed by atoms with E-state index in [9.17, 15) is 0 Å². The van der Waals surface area contributed by atoms with Gasteiger partial charge in [-0.3, -0.25) is 0 Å². The van der Waals surface area contributed by atoms with Crippen LogP contribution in [0.3, 0.4) is 0 Å². The summed E-state index contributed by atoms with van der Waals surface area (Å²) < 4.78 is 5.37. The molecule has 1 atom stereocenters. The number of hydrogen-bond acceptors (Lipinski definition) is 2. The Morgan fingerprint density at radius 1 is 1.12 bits per heavy atom. The molecule has 1 aromatic heterocycles. The number of hydrogen-bond donors (Lipinski definition) is 1. The maximum Gasteiger partial charge on any atom is 0.103 e. The first-order chi connectivity index (χ1) is 8.40. The van der Waals surface area contributed by atoms with Crippen molar-refractivity contribution in [3.05, 3.63) is 60.1 Å². The number of rotatable bonds is 6. The second-order valence-electron chi connectivity index (χ2n) is 4.14. The van der Waals surface area contributed by atoms with E-state index in [1.807, 2.05) is 12.1 Å². The van der Waals surface area contributed by atoms with Crippen LogP contribution < -0.4 is 5.32 Å². The van der Waals surface area contributed by atoms with Crippen LogP contribution in [0.15, 0.2) is 53.1 Å². The molecule has 0 radical (unpaired) electrons. The van der Waals surface area contributed by atoms with Gasteiger partial charge in [0.05, 0.1) is 6.26 Å². The summed E-state index contributed by atoms with van der Waals surface area (Å²) in [5, 5.41) is 3.52. The molecule has 17 heavy (non-hydrogen) atoms. The van der Waals surface area contributed by atoms with Gasteiger partial charge in [-0.2, -0.15) is 0 Å². The minimum Gasteiger partial charge on any atom is -0.469 e. The number of benzene rings is 1. The zero-order valence-electron chi connectivity index (χ0n) is 10.2. The average molecular weight is 229 g/mol. The summed E-state index contributed by atoms with van der Waals surface area (Å²) in [6.07, 6.45) is 3.77. The molecule has 2 aromatic rings. The Kier molecular flexibility index (Phi) is 4.39. The molecule has 1 N–H and O–H groups in total. The van der Waals surface area contributed by atoms with Gasteiger partial charge in [0, 0.05) is 12.5 Å². The van der Waals surface area contributed by atoms with Gasteiger partial charge in [0.2, 0.25) is 0 Å². The minimum atomic E-state index is 0.409. The fraction of sp³-hybridized carbons (Fsp3) is 0.333. The molecule has 0 spiro atoms. The van der Waals surface area contributed by atoms with Crippen molar-refractivity contribution in [3.63, 3.8) is 0 Å². The molecule has 0 fully saturated rings. The van der Waals surface area contributed by atoms with Crippen molar-refractivity contribution in [2.24, 2.45) is 0 Å². The lowest BCUT2D eigenvalue weighted by Gasteiger charge is -2.17. The maximum atomic E-state index is 5.37. The highest BCUT2D eigenvalue weighted by Crippen LogP contribution is 2.19. The molecule has 0 amide bonds. The molecule has 0 saturated carbocycles. The Labute approximate surface area is 103 Å². The van der Waals surface area contributed by atoms with Crippen LogP contribution in [-0.4, -0.2) is 6.54 Å². The highest BCUT2D eigenvalue weighted by atomic mass is 16.3. The minimum absolute atomic E-state index is 0.409. The standard InChI is InChI=1S/C15H19NO/c1-2-16-15(13-7-4-3-5-8-13)11-10-14-9-6-12-17-14/h3-9,12,15-16H,2,10-11H2,1H3. The van der Waals surface area contributed by atoms with Crippen LogP contribution in [0.25, 0.3) is 0 Å². The molecule has 1 heterocycles. The molecule has 90 valence electrons. The SMILES string of the molecule is CCNC(CCc1ccco1)c1ccccc1. The Bertz CT molecular complexity index is 408. The molecule has 0 aliphatic heterocycles. The molecule has 0 aliphatic carbocycles. The lowest BCUT2D eigenvalue weighted by atomic mass is 10.0. The van der Waals surface area contributed by atoms with Crippen molar-refractivity contribution in [2.45, 2.75) is 25.8 Å². The van der Waals surface area contributed by atoms with Crippen molar-refractivity contribution in [1.29, 1.82) is 0 Å². The van der Waals surface area contributed by atoms with Crippen molar-refractivity contribution >= 4 is 0 Å². The molecule has 2 rings (SSSR count). The summed E-state index contributed by atoms with van der Waals surface area (Å²) in [6, 6.07) is 15.0. The van der Waals surface area contributed by atoms with E-state index >= 15 is 0 Å². The quantitative estimate of drug-likeness (QED) is 0.819. The van der Waals surface area contributed by atoms with E-state index in [2.05, 4.69) is 42.6 Å². The molecule has 1 unspecified atom stereocenters. The second-order valence-corrected chi connectivity index (χ2v) is 4.14. The van der Waals surface area contributed by atoms with Gasteiger partial charge in [0.15, 0.2) is 0 Å². The summed E-state index contributed by atoms with van der Waals surface area (Å²) in [5.41, 5.74) is 1.35. The normalized spacial score (nSPS) is 12.5. The van der Waals surface area contributed by atoms with Gasteiger partial charge in [0.1, 0.15) is 5.76 Å². The monoisotopic (exact) mass is 229 g/mol. The van der Waals surface area contributed by atoms with E-state index in [0.717, 1.165) is 25.1 Å². The topological polar surface area (TPSA) is 25.2 Å². The molecule has 0 aliphatic rings. The van der Waals surface area contributed by atoms with Crippen LogP contribution in [0, 0.1) is 0 Å². The first kappa shape index (κ1) is 11.9. The van der Waals surface area contributed by atoms with Crippen molar-refractivity contribution < 1.29 is 4.42 Å². The van der Waals surface area contributed by atoms with E-state index in [-0.39, 0.29) is 0 Å². The number of aryl methyl sites for hydroxylation is 1. The average Bonchev–Trinajstić information content (AvgIpc) is 2.88. The zero-order chi connectivity index (χ0) is 11.9. The third-order valence-electron chi connectivity index (χ3n) is 2.91. The maximum absolute atomic E-state index is 5.37. The van der Waals surface area contributed by atoms with Crippen molar-refractivity contribution in [2.75, 3.05) is 6.54 Å². The highest BCUT2D eigenvalue weighted by Gasteiger charge is 2.10. The van der Waals surface area contributed by atoms with Crippen LogP contribution in [0.2, 0.25) is 0 Å². The van der Waals surface area contributed by atoms with Gasteiger partial charge in [-0.25, -0.2) is 0 Å². The van der Waals surface area contributed by atoms with E-state index in [1.165, 1.54) is 5.56 Å². The molecule has 0 bridgehead atoms. The highest BCUT2D eigenvalue weighted by molar-refractivity contribution is 5.19. The van der Waals surface area contributed by atoms with Crippen molar-refractivity contribution in [1.82, 2.24) is 5.32 Å². The van der Waals surface area contributed by atoms with Crippen LogP contribution in [0.5, 0.6) is 0 Å². The van der Waals surface area contributed by atoms with Gasteiger partial charge < -0.3 is 9.73 Å². The summed E-state index contributed by atoms with van der Waals surface area (Å²) in [7, 11) is 0. The van der Waals surface area contributed by atoms with E-state index < -0.39 is 0 Å². The fourth-order valence-corrected chi connectivity index (χ4v) is 2.06. The van der Waals surface area contributed by atoms with Crippen LogP contribution in [-0.2, 0) is 6.42 Å². The largest absolute Gasteiger partial charge is 0.469 e. The predicted molar refractivity (Wildman–Crippen MR) is 69.9 cm³/mol. The Morgan fingerprint density at radius 2 is 1.94 bits per heavy atom. The van der Waals surface area contributed by atoms with Gasteiger partial charge in [-0.05, 0) is 30.7 Å². The first-order valence-corrected chi connectivity index (χ1v) is 6.21. The Balaban J connectivity index is 1.98. The Morgan fingerprint density at radius 3 is 2.59 bits per heavy atom. The summed E-state index contributed by atoms with van der Waals surface area (Å²) in [4.78, 5) is 0. The zero-order valence-corrected chi connectivity index (χ0v) is 10.2. The van der Waals surface area contributed by atoms with Gasteiger partial charge in [0.25, 0.3) is 0 Å². The molecule has 2 nitrogen and oxygen atoms in total. The summed E-state index contributed by atoms with van der Waals surface area (Å²) in [6.45, 7) is 3.13. The molecular formula is C15H19NO. The van der Waals surface area contributed by atoms with Gasteiger partial charge >= 0.3 is 0 Å². The third kappa shape index (κ3) is 3.46. The van der Waals surface area contributed by atoms with Crippen LogP contribution >= 0.6 is 0 Å². The van der Waals surface area contributed by atoms with Crippen LogP contribution in [0.1, 0.15) is 30.7 Å². The number of nitrogens with one attached hydrogen (secondary N) is 1. The molecule has 0 saturated heterocycles. The third-order valence-corrected chi connectivity index (χ3v) is 2.91. The van der Waals surface area contributed by atoms with Gasteiger partial charge in [-0.15, -0.1) is 0 Å². The van der Waals surface area contributed by atoms with Crippen molar-refractivity contribution in [3.8, 4) is 0 Å². The molecular weight excluding hydrogens is 210 g/mol. The number of furan rings is 1.